The van der Waals surface area contributed by atoms with E-state index in [2.05, 4.69) is 36.1 Å². The van der Waals surface area contributed by atoms with E-state index in [0.29, 0.717) is 0 Å². The van der Waals surface area contributed by atoms with E-state index in [1.165, 1.54) is 56.2 Å². The first-order chi connectivity index (χ1) is 9.79. The summed E-state index contributed by atoms with van der Waals surface area (Å²) in [5.41, 5.74) is 2.71. The van der Waals surface area contributed by atoms with Gasteiger partial charge in [-0.25, -0.2) is 0 Å². The summed E-state index contributed by atoms with van der Waals surface area (Å²) in [5, 5.41) is 9.58. The average Bonchev–Trinajstić information content (AvgIpc) is 2.90. The van der Waals surface area contributed by atoms with Crippen molar-refractivity contribution in [2.75, 3.05) is 18.0 Å². The lowest BCUT2D eigenvalue weighted by Crippen LogP contribution is -2.20. The maximum Gasteiger partial charge on any atom is 0.0731 e. The molecule has 0 radical (unpaired) electrons. The van der Waals surface area contributed by atoms with Gasteiger partial charge in [0.05, 0.1) is 6.10 Å². The largest absolute Gasteiger partial charge is 0.391 e. The third-order valence-electron chi connectivity index (χ3n) is 4.28. The van der Waals surface area contributed by atoms with Gasteiger partial charge in [-0.2, -0.15) is 0 Å². The summed E-state index contributed by atoms with van der Waals surface area (Å²) in [6.07, 6.45) is 10.1. The van der Waals surface area contributed by atoms with Gasteiger partial charge in [0, 0.05) is 18.8 Å². The van der Waals surface area contributed by atoms with Crippen LogP contribution in [0.4, 0.5) is 5.69 Å². The zero-order chi connectivity index (χ0) is 14.2. The Morgan fingerprint density at radius 3 is 2.40 bits per heavy atom. The normalized spacial score (nSPS) is 18.7. The van der Waals surface area contributed by atoms with E-state index in [1.54, 1.807) is 0 Å². The summed E-state index contributed by atoms with van der Waals surface area (Å²) in [5.74, 6) is 0. The molecular weight excluding hydrogens is 246 g/mol. The van der Waals surface area contributed by atoms with E-state index >= 15 is 0 Å². The van der Waals surface area contributed by atoms with Crippen LogP contribution in [0.15, 0.2) is 24.3 Å². The number of aliphatic hydroxyl groups excluding tert-OH is 1. The molecule has 1 atom stereocenters. The van der Waals surface area contributed by atoms with Crippen LogP contribution in [0.25, 0.3) is 0 Å². The molecule has 1 aromatic carbocycles. The fourth-order valence-corrected chi connectivity index (χ4v) is 2.96. The fraction of sp³-hybridized carbons (Fsp3) is 0.667. The molecule has 2 heteroatoms. The van der Waals surface area contributed by atoms with E-state index < -0.39 is 0 Å². The highest BCUT2D eigenvalue weighted by atomic mass is 16.3. The summed E-state index contributed by atoms with van der Waals surface area (Å²) >= 11 is 0. The molecule has 1 unspecified atom stereocenters. The summed E-state index contributed by atoms with van der Waals surface area (Å²) in [4.78, 5) is 2.28. The number of nitrogens with zero attached hydrogens (tertiary/aromatic N) is 1. The molecule has 1 aliphatic heterocycles. The zero-order valence-electron chi connectivity index (χ0n) is 12.9. The Balaban J connectivity index is 1.69. The Bertz CT molecular complexity index is 374. The number of hydrogen-bond acceptors (Lipinski definition) is 2. The molecule has 0 bridgehead atoms. The van der Waals surface area contributed by atoms with Crippen LogP contribution in [0.2, 0.25) is 0 Å². The molecule has 112 valence electrons. The first-order valence-electron chi connectivity index (χ1n) is 8.31. The molecule has 20 heavy (non-hydrogen) atoms. The van der Waals surface area contributed by atoms with Gasteiger partial charge in [0.15, 0.2) is 0 Å². The smallest absolute Gasteiger partial charge is 0.0731 e. The van der Waals surface area contributed by atoms with Gasteiger partial charge >= 0.3 is 0 Å². The number of benzene rings is 1. The second kappa shape index (κ2) is 8.31. The first-order valence-corrected chi connectivity index (χ1v) is 8.31. The molecular formula is C18H29NO. The van der Waals surface area contributed by atoms with Crippen LogP contribution in [-0.2, 0) is 6.42 Å². The standard InChI is InChI=1S/C18H29NO/c1-2-3-4-5-6-7-8-16-9-11-17(12-10-16)19-14-13-18(20)15-19/h9-12,18,20H,2-8,13-15H2,1H3. The summed E-state index contributed by atoms with van der Waals surface area (Å²) in [7, 11) is 0. The van der Waals surface area contributed by atoms with Gasteiger partial charge in [0.25, 0.3) is 0 Å². The van der Waals surface area contributed by atoms with Crippen molar-refractivity contribution >= 4 is 5.69 Å². The van der Waals surface area contributed by atoms with Crippen molar-refractivity contribution < 1.29 is 5.11 Å². The van der Waals surface area contributed by atoms with E-state index in [1.807, 2.05) is 0 Å². The summed E-state index contributed by atoms with van der Waals surface area (Å²) in [6, 6.07) is 8.94. The molecule has 0 amide bonds. The van der Waals surface area contributed by atoms with Crippen molar-refractivity contribution in [3.8, 4) is 0 Å². The minimum absolute atomic E-state index is 0.141. The predicted molar refractivity (Wildman–Crippen MR) is 86.4 cm³/mol. The van der Waals surface area contributed by atoms with Crippen LogP contribution in [0.5, 0.6) is 0 Å². The van der Waals surface area contributed by atoms with E-state index in [4.69, 9.17) is 0 Å². The van der Waals surface area contributed by atoms with Crippen molar-refractivity contribution in [3.63, 3.8) is 0 Å². The Labute approximate surface area is 123 Å². The topological polar surface area (TPSA) is 23.5 Å². The third-order valence-corrected chi connectivity index (χ3v) is 4.28. The van der Waals surface area contributed by atoms with Gasteiger partial charge < -0.3 is 10.0 Å². The second-order valence-corrected chi connectivity index (χ2v) is 6.07. The van der Waals surface area contributed by atoms with Gasteiger partial charge in [-0.3, -0.25) is 0 Å². The van der Waals surface area contributed by atoms with E-state index in [0.717, 1.165) is 19.5 Å². The highest BCUT2D eigenvalue weighted by molar-refractivity contribution is 5.48. The summed E-state index contributed by atoms with van der Waals surface area (Å²) < 4.78 is 0. The molecule has 1 aliphatic rings. The highest BCUT2D eigenvalue weighted by Gasteiger charge is 2.19. The lowest BCUT2D eigenvalue weighted by molar-refractivity contribution is 0.198. The van der Waals surface area contributed by atoms with Crippen molar-refractivity contribution in [2.24, 2.45) is 0 Å². The molecule has 1 fully saturated rings. The van der Waals surface area contributed by atoms with Gasteiger partial charge in [-0.1, -0.05) is 51.2 Å². The Hall–Kier alpha value is -1.02. The van der Waals surface area contributed by atoms with Crippen LogP contribution in [0.1, 0.15) is 57.4 Å². The number of rotatable bonds is 8. The Morgan fingerprint density at radius 1 is 1.05 bits per heavy atom. The zero-order valence-corrected chi connectivity index (χ0v) is 12.9. The van der Waals surface area contributed by atoms with Gasteiger partial charge in [0.1, 0.15) is 0 Å². The Kier molecular flexibility index (Phi) is 6.38. The second-order valence-electron chi connectivity index (χ2n) is 6.07. The summed E-state index contributed by atoms with van der Waals surface area (Å²) in [6.45, 7) is 4.04. The first kappa shape index (κ1) is 15.4. The number of hydrogen-bond donors (Lipinski definition) is 1. The highest BCUT2D eigenvalue weighted by Crippen LogP contribution is 2.21. The van der Waals surface area contributed by atoms with Crippen LogP contribution in [0.3, 0.4) is 0 Å². The Morgan fingerprint density at radius 2 is 1.75 bits per heavy atom. The molecule has 0 aromatic heterocycles. The maximum absolute atomic E-state index is 9.58. The minimum atomic E-state index is -0.141. The molecule has 1 saturated heterocycles. The van der Waals surface area contributed by atoms with Crippen LogP contribution in [0, 0.1) is 0 Å². The number of aliphatic hydroxyl groups is 1. The van der Waals surface area contributed by atoms with Crippen molar-refractivity contribution in [3.05, 3.63) is 29.8 Å². The van der Waals surface area contributed by atoms with Gasteiger partial charge in [0.2, 0.25) is 0 Å². The van der Waals surface area contributed by atoms with E-state index in [-0.39, 0.29) is 6.10 Å². The number of β-amino-alcohol motifs (C(OH)–C–C–N with tert-alkyl or cyclic N) is 1. The molecule has 2 rings (SSSR count). The molecule has 0 saturated carbocycles. The van der Waals surface area contributed by atoms with Crippen LogP contribution in [-0.4, -0.2) is 24.3 Å². The third kappa shape index (κ3) is 4.82. The molecule has 1 N–H and O–H groups in total. The predicted octanol–water partition coefficient (Wildman–Crippen LogP) is 4.16. The van der Waals surface area contributed by atoms with Gasteiger partial charge in [-0.15, -0.1) is 0 Å². The van der Waals surface area contributed by atoms with E-state index in [9.17, 15) is 5.11 Å². The fourth-order valence-electron chi connectivity index (χ4n) is 2.96. The molecule has 0 aliphatic carbocycles. The maximum atomic E-state index is 9.58. The quantitative estimate of drug-likeness (QED) is 0.720. The molecule has 0 spiro atoms. The van der Waals surface area contributed by atoms with Crippen molar-refractivity contribution in [2.45, 2.75) is 64.4 Å². The average molecular weight is 275 g/mol. The minimum Gasteiger partial charge on any atom is -0.391 e. The van der Waals surface area contributed by atoms with Crippen molar-refractivity contribution in [1.82, 2.24) is 0 Å². The van der Waals surface area contributed by atoms with Gasteiger partial charge in [-0.05, 0) is 37.0 Å². The monoisotopic (exact) mass is 275 g/mol. The van der Waals surface area contributed by atoms with Crippen LogP contribution < -0.4 is 4.90 Å². The number of anilines is 1. The number of aryl methyl sites for hydroxylation is 1. The molecule has 1 aromatic rings. The van der Waals surface area contributed by atoms with Crippen molar-refractivity contribution in [1.29, 1.82) is 0 Å². The number of unbranched alkanes of at least 4 members (excludes halogenated alkanes) is 5. The van der Waals surface area contributed by atoms with Crippen LogP contribution >= 0.6 is 0 Å². The lowest BCUT2D eigenvalue weighted by atomic mass is 10.0. The molecule has 1 heterocycles. The SMILES string of the molecule is CCCCCCCCc1ccc(N2CCC(O)C2)cc1. The molecule has 2 nitrogen and oxygen atoms in total. The lowest BCUT2D eigenvalue weighted by Gasteiger charge is -2.18.